The van der Waals surface area contributed by atoms with Crippen LogP contribution in [0.3, 0.4) is 0 Å². The zero-order valence-corrected chi connectivity index (χ0v) is 19.0. The number of carbonyl (C=O) groups is 2. The number of para-hydroxylation sites is 1. The van der Waals surface area contributed by atoms with Crippen LogP contribution >= 0.6 is 24.0 Å². The van der Waals surface area contributed by atoms with Gasteiger partial charge in [-0.1, -0.05) is 37.3 Å². The summed E-state index contributed by atoms with van der Waals surface area (Å²) in [6.45, 7) is 1.94. The van der Waals surface area contributed by atoms with Gasteiger partial charge in [-0.3, -0.25) is 4.79 Å². The monoisotopic (exact) mass is 465 g/mol. The third-order valence-corrected chi connectivity index (χ3v) is 6.00. The maximum absolute atomic E-state index is 12.8. The molecular weight excluding hydrogens is 442 g/mol. The van der Waals surface area contributed by atoms with Crippen molar-refractivity contribution in [1.29, 1.82) is 0 Å². The summed E-state index contributed by atoms with van der Waals surface area (Å²) in [7, 11) is 0. The Morgan fingerprint density at radius 1 is 0.875 bits per heavy atom. The van der Waals surface area contributed by atoms with Crippen LogP contribution in [-0.4, -0.2) is 27.3 Å². The number of benzene rings is 3. The van der Waals surface area contributed by atoms with E-state index in [1.165, 1.54) is 23.9 Å². The fraction of sp³-hybridized carbons (Fsp3) is 0.125. The van der Waals surface area contributed by atoms with Crippen LogP contribution in [0.1, 0.15) is 23.7 Å². The van der Waals surface area contributed by atoms with Crippen LogP contribution in [0, 0.1) is 0 Å². The summed E-state index contributed by atoms with van der Waals surface area (Å²) in [6.07, 6.45) is 0.612. The predicted octanol–water partition coefficient (Wildman–Crippen LogP) is 5.70. The van der Waals surface area contributed by atoms with Gasteiger partial charge in [0.05, 0.1) is 10.8 Å². The van der Waals surface area contributed by atoms with E-state index in [0.717, 1.165) is 16.3 Å². The van der Waals surface area contributed by atoms with Crippen LogP contribution < -0.4 is 16.0 Å². The van der Waals surface area contributed by atoms with Crippen molar-refractivity contribution >= 4 is 58.0 Å². The fourth-order valence-electron chi connectivity index (χ4n) is 2.90. The molecule has 0 heterocycles. The summed E-state index contributed by atoms with van der Waals surface area (Å²) < 4.78 is 0. The molecule has 3 aromatic rings. The van der Waals surface area contributed by atoms with Crippen LogP contribution in [-0.2, 0) is 4.79 Å². The molecule has 1 atom stereocenters. The Kier molecular flexibility index (Phi) is 8.24. The van der Waals surface area contributed by atoms with Crippen molar-refractivity contribution in [2.45, 2.75) is 23.5 Å². The average Bonchev–Trinajstić information content (AvgIpc) is 2.78. The highest BCUT2D eigenvalue weighted by molar-refractivity contribution is 8.00. The first-order valence-corrected chi connectivity index (χ1v) is 11.3. The quantitative estimate of drug-likeness (QED) is 0.250. The van der Waals surface area contributed by atoms with Gasteiger partial charge < -0.3 is 21.1 Å². The Hall–Kier alpha value is -3.36. The molecule has 6 nitrogen and oxygen atoms in total. The molecule has 0 spiro atoms. The lowest BCUT2D eigenvalue weighted by atomic mass is 10.2. The van der Waals surface area contributed by atoms with E-state index in [-0.39, 0.29) is 16.7 Å². The molecule has 1 amide bonds. The molecule has 4 N–H and O–H groups in total. The molecular formula is C24H23N3O3S2. The van der Waals surface area contributed by atoms with Gasteiger partial charge >= 0.3 is 5.97 Å². The van der Waals surface area contributed by atoms with E-state index in [9.17, 15) is 9.59 Å². The highest BCUT2D eigenvalue weighted by atomic mass is 32.2. The van der Waals surface area contributed by atoms with Crippen LogP contribution in [0.2, 0.25) is 0 Å². The third-order valence-electron chi connectivity index (χ3n) is 4.44. The number of hydrogen-bond donors (Lipinski definition) is 4. The lowest BCUT2D eigenvalue weighted by Gasteiger charge is -2.16. The molecule has 164 valence electrons. The summed E-state index contributed by atoms with van der Waals surface area (Å²) in [5, 5.41) is 18.4. The summed E-state index contributed by atoms with van der Waals surface area (Å²) in [6, 6.07) is 23.5. The molecule has 1 unspecified atom stereocenters. The van der Waals surface area contributed by atoms with Crippen LogP contribution in [0.15, 0.2) is 83.8 Å². The fourth-order valence-corrected chi connectivity index (χ4v) is 4.15. The molecule has 0 aliphatic carbocycles. The maximum atomic E-state index is 12.8. The van der Waals surface area contributed by atoms with Crippen LogP contribution in [0.5, 0.6) is 0 Å². The van der Waals surface area contributed by atoms with Gasteiger partial charge in [0.1, 0.15) is 0 Å². The van der Waals surface area contributed by atoms with Gasteiger partial charge in [-0.2, -0.15) is 0 Å². The van der Waals surface area contributed by atoms with E-state index >= 15 is 0 Å². The highest BCUT2D eigenvalue weighted by Gasteiger charge is 2.19. The summed E-state index contributed by atoms with van der Waals surface area (Å²) in [5.41, 5.74) is 2.29. The molecule has 0 fully saturated rings. The van der Waals surface area contributed by atoms with Crippen molar-refractivity contribution in [3.8, 4) is 0 Å². The molecule has 0 aromatic heterocycles. The minimum Gasteiger partial charge on any atom is -0.478 e. The van der Waals surface area contributed by atoms with Crippen molar-refractivity contribution in [2.24, 2.45) is 0 Å². The van der Waals surface area contributed by atoms with Crippen molar-refractivity contribution in [1.82, 2.24) is 0 Å². The van der Waals surface area contributed by atoms with Crippen molar-refractivity contribution in [2.75, 3.05) is 16.0 Å². The largest absolute Gasteiger partial charge is 0.478 e. The number of carboxylic acid groups (broad SMARTS) is 1. The van der Waals surface area contributed by atoms with E-state index in [4.69, 9.17) is 17.3 Å². The first-order valence-electron chi connectivity index (χ1n) is 9.98. The Balaban J connectivity index is 1.62. The number of thiocarbonyl (C=S) groups is 1. The number of amides is 1. The normalized spacial score (nSPS) is 11.3. The SMILES string of the molecule is CCC(Sc1cccc(NC(=S)Nc2ccccc2)c1)C(=O)Nc1cccc(C(=O)O)c1. The average molecular weight is 466 g/mol. The Morgan fingerprint density at radius 3 is 2.19 bits per heavy atom. The number of hydrogen-bond acceptors (Lipinski definition) is 4. The van der Waals surface area contributed by atoms with Crippen molar-refractivity contribution < 1.29 is 14.7 Å². The van der Waals surface area contributed by atoms with Gasteiger partial charge in [-0.05, 0) is 67.2 Å². The zero-order valence-electron chi connectivity index (χ0n) is 17.4. The Labute approximate surface area is 196 Å². The molecule has 0 aliphatic heterocycles. The number of thioether (sulfide) groups is 1. The van der Waals surface area contributed by atoms with E-state index in [1.807, 2.05) is 61.5 Å². The number of rotatable bonds is 8. The number of carboxylic acids is 1. The van der Waals surface area contributed by atoms with Gasteiger partial charge in [-0.25, -0.2) is 4.79 Å². The van der Waals surface area contributed by atoms with Gasteiger partial charge in [0.2, 0.25) is 5.91 Å². The molecule has 0 saturated heterocycles. The van der Waals surface area contributed by atoms with Crippen LogP contribution in [0.25, 0.3) is 0 Å². The highest BCUT2D eigenvalue weighted by Crippen LogP contribution is 2.28. The topological polar surface area (TPSA) is 90.5 Å². The van der Waals surface area contributed by atoms with E-state index in [1.54, 1.807) is 12.1 Å². The first kappa shape index (κ1) is 23.3. The number of carbonyl (C=O) groups excluding carboxylic acids is 1. The summed E-state index contributed by atoms with van der Waals surface area (Å²) in [5.74, 6) is -1.22. The molecule has 8 heteroatoms. The van der Waals surface area contributed by atoms with Crippen molar-refractivity contribution in [3.05, 3.63) is 84.4 Å². The Bertz CT molecular complexity index is 1110. The second kappa shape index (κ2) is 11.3. The number of aromatic carboxylic acids is 1. The smallest absolute Gasteiger partial charge is 0.335 e. The van der Waals surface area contributed by atoms with E-state index < -0.39 is 5.97 Å². The van der Waals surface area contributed by atoms with Gasteiger partial charge in [0.25, 0.3) is 0 Å². The minimum atomic E-state index is -1.04. The molecule has 0 bridgehead atoms. The lowest BCUT2D eigenvalue weighted by molar-refractivity contribution is -0.115. The summed E-state index contributed by atoms with van der Waals surface area (Å²) in [4.78, 5) is 24.8. The van der Waals surface area contributed by atoms with Crippen LogP contribution in [0.4, 0.5) is 17.1 Å². The number of nitrogens with one attached hydrogen (secondary N) is 3. The van der Waals surface area contributed by atoms with Crippen molar-refractivity contribution in [3.63, 3.8) is 0 Å². The molecule has 32 heavy (non-hydrogen) atoms. The molecule has 0 saturated carbocycles. The van der Waals surface area contributed by atoms with Gasteiger partial charge in [-0.15, -0.1) is 11.8 Å². The van der Waals surface area contributed by atoms with Gasteiger partial charge in [0.15, 0.2) is 5.11 Å². The molecule has 0 radical (unpaired) electrons. The van der Waals surface area contributed by atoms with E-state index in [0.29, 0.717) is 17.2 Å². The molecule has 0 aliphatic rings. The first-order chi connectivity index (χ1) is 15.4. The molecule has 3 aromatic carbocycles. The minimum absolute atomic E-state index is 0.127. The zero-order chi connectivity index (χ0) is 22.9. The number of anilines is 3. The maximum Gasteiger partial charge on any atom is 0.335 e. The summed E-state index contributed by atoms with van der Waals surface area (Å²) >= 11 is 6.82. The molecule has 3 rings (SSSR count). The second-order valence-corrected chi connectivity index (χ2v) is 8.55. The Morgan fingerprint density at radius 2 is 1.50 bits per heavy atom. The third kappa shape index (κ3) is 6.83. The van der Waals surface area contributed by atoms with E-state index in [2.05, 4.69) is 16.0 Å². The predicted molar refractivity (Wildman–Crippen MR) is 135 cm³/mol. The lowest BCUT2D eigenvalue weighted by Crippen LogP contribution is -2.24. The second-order valence-electron chi connectivity index (χ2n) is 6.86. The standard InChI is InChI=1S/C24H23N3O3S2/c1-2-21(22(28)25-18-11-6-8-16(14-18)23(29)30)32-20-13-7-12-19(15-20)27-24(31)26-17-9-4-3-5-10-17/h3-15,21H,2H2,1H3,(H,25,28)(H,29,30)(H2,26,27,31). The van der Waals surface area contributed by atoms with Gasteiger partial charge in [0, 0.05) is 22.0 Å².